The van der Waals surface area contributed by atoms with Crippen molar-refractivity contribution in [2.75, 3.05) is 32.8 Å². The number of ether oxygens (including phenoxy) is 1. The Hall–Kier alpha value is -0.160. The van der Waals surface area contributed by atoms with Gasteiger partial charge in [0.25, 0.3) is 0 Å². The first kappa shape index (κ1) is 10.4. The zero-order valence-corrected chi connectivity index (χ0v) is 8.48. The van der Waals surface area contributed by atoms with Crippen LogP contribution in [0.2, 0.25) is 0 Å². The molecule has 0 saturated carbocycles. The molecule has 4 nitrogen and oxygen atoms in total. The first-order valence-corrected chi connectivity index (χ1v) is 5.39. The Labute approximate surface area is 84.5 Å². The van der Waals surface area contributed by atoms with Crippen molar-refractivity contribution < 1.29 is 14.9 Å². The number of nitrogens with zero attached hydrogens (tertiary/aromatic N) is 1. The van der Waals surface area contributed by atoms with Gasteiger partial charge in [-0.3, -0.25) is 4.90 Å². The third-order valence-electron chi connectivity index (χ3n) is 3.28. The van der Waals surface area contributed by atoms with Crippen molar-refractivity contribution >= 4 is 0 Å². The van der Waals surface area contributed by atoms with Crippen molar-refractivity contribution in [3.8, 4) is 0 Å². The molecule has 2 rings (SSSR count). The van der Waals surface area contributed by atoms with E-state index in [0.29, 0.717) is 6.61 Å². The van der Waals surface area contributed by atoms with E-state index in [1.54, 1.807) is 0 Å². The van der Waals surface area contributed by atoms with Crippen LogP contribution in [0.5, 0.6) is 0 Å². The number of rotatable bonds is 2. The predicted octanol–water partition coefficient (Wildman–Crippen LogP) is -0.406. The fraction of sp³-hybridized carbons (Fsp3) is 1.00. The van der Waals surface area contributed by atoms with Crippen LogP contribution in [0.15, 0.2) is 0 Å². The zero-order chi connectivity index (χ0) is 10.0. The first-order valence-electron chi connectivity index (χ1n) is 5.39. The largest absolute Gasteiger partial charge is 0.395 e. The van der Waals surface area contributed by atoms with E-state index < -0.39 is 0 Å². The molecule has 1 spiro atoms. The Morgan fingerprint density at radius 3 is 3.07 bits per heavy atom. The lowest BCUT2D eigenvalue weighted by Crippen LogP contribution is -2.44. The maximum absolute atomic E-state index is 9.60. The smallest absolute Gasteiger partial charge is 0.0845 e. The van der Waals surface area contributed by atoms with Gasteiger partial charge in [0.05, 0.1) is 18.3 Å². The molecule has 82 valence electrons. The molecule has 2 aliphatic rings. The van der Waals surface area contributed by atoms with E-state index in [9.17, 15) is 5.11 Å². The van der Waals surface area contributed by atoms with Crippen LogP contribution in [0.1, 0.15) is 19.3 Å². The van der Waals surface area contributed by atoms with E-state index in [0.717, 1.165) is 38.9 Å². The molecule has 2 aliphatic heterocycles. The maximum atomic E-state index is 9.60. The lowest BCUT2D eigenvalue weighted by Gasteiger charge is -2.36. The van der Waals surface area contributed by atoms with Crippen LogP contribution in [0, 0.1) is 0 Å². The van der Waals surface area contributed by atoms with Crippen LogP contribution >= 0.6 is 0 Å². The number of β-amino-alcohol motifs (C(OH)–C–C–N with tert-alkyl or cyclic N) is 1. The van der Waals surface area contributed by atoms with E-state index in [-0.39, 0.29) is 18.3 Å². The van der Waals surface area contributed by atoms with Crippen molar-refractivity contribution in [3.05, 3.63) is 0 Å². The molecule has 0 aromatic carbocycles. The van der Waals surface area contributed by atoms with Gasteiger partial charge in [-0.1, -0.05) is 0 Å². The quantitative estimate of drug-likeness (QED) is 0.638. The molecule has 0 aliphatic carbocycles. The van der Waals surface area contributed by atoms with Crippen molar-refractivity contribution in [2.45, 2.75) is 31.0 Å². The third kappa shape index (κ3) is 2.08. The molecule has 2 saturated heterocycles. The molecule has 0 radical (unpaired) electrons. The van der Waals surface area contributed by atoms with Crippen LogP contribution in [0.4, 0.5) is 0 Å². The maximum Gasteiger partial charge on any atom is 0.0845 e. The van der Waals surface area contributed by atoms with Crippen LogP contribution < -0.4 is 0 Å². The predicted molar refractivity (Wildman–Crippen MR) is 52.1 cm³/mol. The van der Waals surface area contributed by atoms with Gasteiger partial charge in [-0.25, -0.2) is 0 Å². The normalized spacial score (nSPS) is 39.4. The highest BCUT2D eigenvalue weighted by Crippen LogP contribution is 2.33. The second kappa shape index (κ2) is 4.14. The molecule has 2 N–H and O–H groups in total. The zero-order valence-electron chi connectivity index (χ0n) is 8.48. The van der Waals surface area contributed by atoms with Gasteiger partial charge in [0.1, 0.15) is 0 Å². The Balaban J connectivity index is 1.91. The number of hydrogen-bond donors (Lipinski definition) is 2. The van der Waals surface area contributed by atoms with E-state index in [4.69, 9.17) is 9.84 Å². The van der Waals surface area contributed by atoms with Gasteiger partial charge >= 0.3 is 0 Å². The minimum absolute atomic E-state index is 0.118. The fourth-order valence-corrected chi connectivity index (χ4v) is 2.55. The van der Waals surface area contributed by atoms with Crippen molar-refractivity contribution in [3.63, 3.8) is 0 Å². The molecule has 2 heterocycles. The summed E-state index contributed by atoms with van der Waals surface area (Å²) in [6.07, 6.45) is 2.32. The molecule has 0 amide bonds. The minimum Gasteiger partial charge on any atom is -0.395 e. The van der Waals surface area contributed by atoms with Crippen molar-refractivity contribution in [1.29, 1.82) is 0 Å². The molecule has 2 fully saturated rings. The minimum atomic E-state index is -0.196. The van der Waals surface area contributed by atoms with E-state index in [1.807, 2.05) is 0 Å². The Morgan fingerprint density at radius 1 is 1.50 bits per heavy atom. The highest BCUT2D eigenvalue weighted by atomic mass is 16.5. The first-order chi connectivity index (χ1) is 6.74. The van der Waals surface area contributed by atoms with E-state index in [2.05, 4.69) is 4.90 Å². The summed E-state index contributed by atoms with van der Waals surface area (Å²) in [6, 6.07) is 0. The molecular formula is C10H19NO3. The molecule has 4 heteroatoms. The number of hydrogen-bond acceptors (Lipinski definition) is 4. The lowest BCUT2D eigenvalue weighted by molar-refractivity contribution is -0.110. The molecule has 0 aromatic heterocycles. The SMILES string of the molecule is OCCN1CC[C@@]2(C[C@@H](O)CCO2)C1. The third-order valence-corrected chi connectivity index (χ3v) is 3.28. The summed E-state index contributed by atoms with van der Waals surface area (Å²) in [6.45, 7) is 3.45. The fourth-order valence-electron chi connectivity index (χ4n) is 2.55. The summed E-state index contributed by atoms with van der Waals surface area (Å²) in [7, 11) is 0. The monoisotopic (exact) mass is 201 g/mol. The molecule has 14 heavy (non-hydrogen) atoms. The van der Waals surface area contributed by atoms with Crippen molar-refractivity contribution in [1.82, 2.24) is 4.90 Å². The highest BCUT2D eigenvalue weighted by molar-refractivity contribution is 4.95. The summed E-state index contributed by atoms with van der Waals surface area (Å²) < 4.78 is 5.79. The second-order valence-corrected chi connectivity index (χ2v) is 4.43. The number of aliphatic hydroxyl groups excluding tert-OH is 2. The van der Waals surface area contributed by atoms with Crippen LogP contribution in [-0.4, -0.2) is 59.7 Å². The molecule has 2 atom stereocenters. The molecular weight excluding hydrogens is 182 g/mol. The summed E-state index contributed by atoms with van der Waals surface area (Å²) in [5.74, 6) is 0. The second-order valence-electron chi connectivity index (χ2n) is 4.43. The van der Waals surface area contributed by atoms with Gasteiger partial charge in [-0.05, 0) is 12.8 Å². The van der Waals surface area contributed by atoms with Crippen LogP contribution in [0.25, 0.3) is 0 Å². The summed E-state index contributed by atoms with van der Waals surface area (Å²) in [4.78, 5) is 2.21. The topological polar surface area (TPSA) is 52.9 Å². The Morgan fingerprint density at radius 2 is 2.36 bits per heavy atom. The molecule has 0 aromatic rings. The van der Waals surface area contributed by atoms with Gasteiger partial charge in [0.15, 0.2) is 0 Å². The summed E-state index contributed by atoms with van der Waals surface area (Å²) in [5.41, 5.74) is -0.118. The van der Waals surface area contributed by atoms with Crippen LogP contribution in [0.3, 0.4) is 0 Å². The lowest BCUT2D eigenvalue weighted by atomic mass is 9.91. The highest BCUT2D eigenvalue weighted by Gasteiger charge is 2.42. The van der Waals surface area contributed by atoms with Gasteiger partial charge in [0.2, 0.25) is 0 Å². The summed E-state index contributed by atoms with van der Waals surface area (Å²) >= 11 is 0. The van der Waals surface area contributed by atoms with Gasteiger partial charge in [0, 0.05) is 32.7 Å². The van der Waals surface area contributed by atoms with Crippen LogP contribution in [-0.2, 0) is 4.74 Å². The van der Waals surface area contributed by atoms with Gasteiger partial charge in [-0.2, -0.15) is 0 Å². The molecule has 0 bridgehead atoms. The molecule has 0 unspecified atom stereocenters. The summed E-state index contributed by atoms with van der Waals surface area (Å²) in [5, 5.41) is 18.4. The Bertz CT molecular complexity index is 200. The van der Waals surface area contributed by atoms with Gasteiger partial charge in [-0.15, -0.1) is 0 Å². The standard InChI is InChI=1S/C10H19NO3/c12-5-4-11-3-2-10(8-11)7-9(13)1-6-14-10/h9,12-13H,1-8H2/t9-,10+/m0/s1. The van der Waals surface area contributed by atoms with Gasteiger partial charge < -0.3 is 14.9 Å². The average molecular weight is 201 g/mol. The Kier molecular flexibility index (Phi) is 3.07. The van der Waals surface area contributed by atoms with E-state index >= 15 is 0 Å². The van der Waals surface area contributed by atoms with Crippen molar-refractivity contribution in [2.24, 2.45) is 0 Å². The average Bonchev–Trinajstić information content (AvgIpc) is 2.49. The number of aliphatic hydroxyl groups is 2. The number of likely N-dealkylation sites (tertiary alicyclic amines) is 1. The van der Waals surface area contributed by atoms with E-state index in [1.165, 1.54) is 0 Å².